The molecule has 33 heavy (non-hydrogen) atoms. The highest BCUT2D eigenvalue weighted by Crippen LogP contribution is 2.27. The number of pyridine rings is 1. The van der Waals surface area contributed by atoms with Gasteiger partial charge in [0.25, 0.3) is 11.8 Å². The van der Waals surface area contributed by atoms with Crippen LogP contribution < -0.4 is 10.6 Å². The van der Waals surface area contributed by atoms with E-state index in [0.717, 1.165) is 5.57 Å². The zero-order valence-electron chi connectivity index (χ0n) is 17.1. The first-order chi connectivity index (χ1) is 15.7. The molecule has 0 saturated heterocycles. The maximum Gasteiger partial charge on any atom is 0.326 e. The van der Waals surface area contributed by atoms with Crippen LogP contribution in [0.15, 0.2) is 42.2 Å². The van der Waals surface area contributed by atoms with Gasteiger partial charge in [0.1, 0.15) is 6.04 Å². The van der Waals surface area contributed by atoms with Gasteiger partial charge in [-0.1, -0.05) is 64.1 Å². The zero-order chi connectivity index (χ0) is 24.1. The number of nitrogens with zero attached hydrogens (tertiary/aromatic N) is 1. The standard InChI is InChI=1S/C22H19Cl4N3O4/c23-13-2-1-3-14(24)18(13)21(31)29-17(22(32)33)8-11-4-6-12(7-5-11)28-20(30)19-15(25)9-27-10-16(19)26/h1-4,9-10,12,17H,5-8H2,(H,28,30)(H,29,31)(H,32,33). The summed E-state index contributed by atoms with van der Waals surface area (Å²) in [6.07, 6.45) is 6.32. The number of nitrogens with one attached hydrogen (secondary N) is 2. The number of hydrogen-bond acceptors (Lipinski definition) is 4. The molecule has 7 nitrogen and oxygen atoms in total. The van der Waals surface area contributed by atoms with Gasteiger partial charge in [-0.25, -0.2) is 4.79 Å². The molecule has 0 aliphatic heterocycles. The summed E-state index contributed by atoms with van der Waals surface area (Å²) in [5.41, 5.74) is 1.05. The summed E-state index contributed by atoms with van der Waals surface area (Å²) in [7, 11) is 0. The number of hydrogen-bond donors (Lipinski definition) is 3. The zero-order valence-corrected chi connectivity index (χ0v) is 20.1. The van der Waals surface area contributed by atoms with E-state index in [-0.39, 0.29) is 43.7 Å². The second-order valence-corrected chi connectivity index (χ2v) is 9.08. The summed E-state index contributed by atoms with van der Waals surface area (Å²) in [4.78, 5) is 40.7. The smallest absolute Gasteiger partial charge is 0.326 e. The van der Waals surface area contributed by atoms with Gasteiger partial charge in [0.05, 0.1) is 31.2 Å². The Morgan fingerprint density at radius 3 is 2.15 bits per heavy atom. The van der Waals surface area contributed by atoms with Crippen molar-refractivity contribution in [1.29, 1.82) is 0 Å². The van der Waals surface area contributed by atoms with Crippen LogP contribution >= 0.6 is 46.4 Å². The van der Waals surface area contributed by atoms with Crippen LogP contribution in [0.3, 0.4) is 0 Å². The molecule has 11 heteroatoms. The molecule has 0 spiro atoms. The van der Waals surface area contributed by atoms with Gasteiger partial charge in [0, 0.05) is 18.4 Å². The van der Waals surface area contributed by atoms with Crippen molar-refractivity contribution in [2.45, 2.75) is 37.8 Å². The van der Waals surface area contributed by atoms with E-state index in [2.05, 4.69) is 15.6 Å². The Hall–Kier alpha value is -2.32. The quantitative estimate of drug-likeness (QED) is 0.427. The lowest BCUT2D eigenvalue weighted by molar-refractivity contribution is -0.139. The Morgan fingerprint density at radius 1 is 1.00 bits per heavy atom. The SMILES string of the molecule is O=C(NC1CC=C(CC(NC(=O)c2c(Cl)cccc2Cl)C(=O)O)CC1)c1c(Cl)cncc1Cl. The number of carbonyl (C=O) groups excluding carboxylic acids is 2. The summed E-state index contributed by atoms with van der Waals surface area (Å²) in [6.45, 7) is 0. The molecule has 0 saturated carbocycles. The van der Waals surface area contributed by atoms with Crippen LogP contribution in [0.4, 0.5) is 0 Å². The third-order valence-corrected chi connectivity index (χ3v) is 6.38. The van der Waals surface area contributed by atoms with E-state index in [1.807, 2.05) is 6.08 Å². The normalized spacial score (nSPS) is 16.5. The predicted molar refractivity (Wildman–Crippen MR) is 127 cm³/mol. The number of rotatable bonds is 7. The minimum atomic E-state index is -1.18. The van der Waals surface area contributed by atoms with Crippen molar-refractivity contribution in [3.05, 3.63) is 73.5 Å². The molecular formula is C22H19Cl4N3O4. The molecule has 174 valence electrons. The van der Waals surface area contributed by atoms with Crippen LogP contribution in [0, 0.1) is 0 Å². The summed E-state index contributed by atoms with van der Waals surface area (Å²) >= 11 is 24.1. The molecule has 0 fully saturated rings. The van der Waals surface area contributed by atoms with Crippen LogP contribution in [0.25, 0.3) is 0 Å². The third kappa shape index (κ3) is 6.38. The summed E-state index contributed by atoms with van der Waals surface area (Å²) in [6, 6.07) is 3.28. The van der Waals surface area contributed by atoms with Crippen molar-refractivity contribution < 1.29 is 19.5 Å². The molecule has 3 N–H and O–H groups in total. The molecule has 0 radical (unpaired) electrons. The minimum absolute atomic E-state index is 0.0286. The van der Waals surface area contributed by atoms with Crippen molar-refractivity contribution >= 4 is 64.2 Å². The fourth-order valence-electron chi connectivity index (χ4n) is 3.50. The molecule has 3 rings (SSSR count). The van der Waals surface area contributed by atoms with Crippen molar-refractivity contribution in [3.8, 4) is 0 Å². The molecule has 2 amide bonds. The van der Waals surface area contributed by atoms with Gasteiger partial charge < -0.3 is 15.7 Å². The molecule has 2 atom stereocenters. The first kappa shape index (κ1) is 25.3. The lowest BCUT2D eigenvalue weighted by Gasteiger charge is -2.25. The highest BCUT2D eigenvalue weighted by atomic mass is 35.5. The molecule has 1 heterocycles. The van der Waals surface area contributed by atoms with Gasteiger partial charge in [-0.2, -0.15) is 0 Å². The second kappa shape index (κ2) is 11.2. The predicted octanol–water partition coefficient (Wildman–Crippen LogP) is 5.18. The van der Waals surface area contributed by atoms with E-state index in [9.17, 15) is 19.5 Å². The molecule has 2 aromatic rings. The maximum atomic E-state index is 12.6. The Morgan fingerprint density at radius 2 is 1.61 bits per heavy atom. The summed E-state index contributed by atoms with van der Waals surface area (Å²) < 4.78 is 0. The monoisotopic (exact) mass is 529 g/mol. The van der Waals surface area contributed by atoms with Crippen molar-refractivity contribution in [3.63, 3.8) is 0 Å². The molecular weight excluding hydrogens is 512 g/mol. The highest BCUT2D eigenvalue weighted by molar-refractivity contribution is 6.40. The van der Waals surface area contributed by atoms with E-state index in [1.165, 1.54) is 24.5 Å². The largest absolute Gasteiger partial charge is 0.480 e. The number of halogens is 4. The number of carboxylic acids is 1. The van der Waals surface area contributed by atoms with Crippen molar-refractivity contribution in [2.24, 2.45) is 0 Å². The molecule has 1 aliphatic carbocycles. The second-order valence-electron chi connectivity index (χ2n) is 7.45. The molecule has 1 aromatic heterocycles. The number of amides is 2. The first-order valence-corrected chi connectivity index (χ1v) is 11.4. The lowest BCUT2D eigenvalue weighted by Crippen LogP contribution is -2.42. The summed E-state index contributed by atoms with van der Waals surface area (Å²) in [5.74, 6) is -2.24. The Kier molecular flexibility index (Phi) is 8.59. The Bertz CT molecular complexity index is 1080. The van der Waals surface area contributed by atoms with Crippen LogP contribution in [-0.4, -0.2) is 40.0 Å². The number of aliphatic carboxylic acids is 1. The number of carbonyl (C=O) groups is 3. The molecule has 2 unspecified atom stereocenters. The number of aromatic nitrogens is 1. The summed E-state index contributed by atoms with van der Waals surface area (Å²) in [5, 5.41) is 15.5. The van der Waals surface area contributed by atoms with E-state index in [0.29, 0.717) is 19.3 Å². The molecule has 0 bridgehead atoms. The molecule has 1 aromatic carbocycles. The number of benzene rings is 1. The molecule has 1 aliphatic rings. The third-order valence-electron chi connectivity index (χ3n) is 5.18. The van der Waals surface area contributed by atoms with Crippen molar-refractivity contribution in [1.82, 2.24) is 15.6 Å². The van der Waals surface area contributed by atoms with Gasteiger partial charge in [-0.15, -0.1) is 0 Å². The fraction of sp³-hybridized carbons (Fsp3) is 0.273. The minimum Gasteiger partial charge on any atom is -0.480 e. The topological polar surface area (TPSA) is 108 Å². The average Bonchev–Trinajstić information content (AvgIpc) is 2.74. The van der Waals surface area contributed by atoms with Gasteiger partial charge >= 0.3 is 5.97 Å². The maximum absolute atomic E-state index is 12.6. The van der Waals surface area contributed by atoms with Crippen LogP contribution in [0.2, 0.25) is 20.1 Å². The van der Waals surface area contributed by atoms with Crippen LogP contribution in [0.1, 0.15) is 46.4 Å². The van der Waals surface area contributed by atoms with Crippen LogP contribution in [-0.2, 0) is 4.79 Å². The van der Waals surface area contributed by atoms with Gasteiger partial charge in [-0.05, 0) is 37.8 Å². The van der Waals surface area contributed by atoms with E-state index >= 15 is 0 Å². The number of carboxylic acid groups (broad SMARTS) is 1. The lowest BCUT2D eigenvalue weighted by atomic mass is 9.91. The van der Waals surface area contributed by atoms with E-state index < -0.39 is 23.8 Å². The van der Waals surface area contributed by atoms with E-state index in [4.69, 9.17) is 46.4 Å². The Balaban J connectivity index is 1.62. The van der Waals surface area contributed by atoms with Gasteiger partial charge in [0.15, 0.2) is 0 Å². The highest BCUT2D eigenvalue weighted by Gasteiger charge is 2.27. The fourth-order valence-corrected chi connectivity index (χ4v) is 4.60. The van der Waals surface area contributed by atoms with E-state index in [1.54, 1.807) is 6.07 Å². The van der Waals surface area contributed by atoms with Gasteiger partial charge in [0.2, 0.25) is 0 Å². The van der Waals surface area contributed by atoms with Gasteiger partial charge in [-0.3, -0.25) is 14.6 Å². The van der Waals surface area contributed by atoms with Crippen LogP contribution in [0.5, 0.6) is 0 Å². The Labute approximate surface area is 210 Å². The van der Waals surface area contributed by atoms with Crippen molar-refractivity contribution in [2.75, 3.05) is 0 Å². The average molecular weight is 531 g/mol. The first-order valence-electron chi connectivity index (χ1n) is 9.92.